The number of amides is 13. The van der Waals surface area contributed by atoms with Gasteiger partial charge in [-0.2, -0.15) is 13.2 Å². The Balaban J connectivity index is 0.00000441. The molecule has 112 heavy (non-hydrogen) atoms. The van der Waals surface area contributed by atoms with Crippen molar-refractivity contribution in [2.45, 2.75) is 276 Å². The number of nitrogens with zero attached hydrogens (tertiary/aromatic N) is 1. The lowest BCUT2D eigenvalue weighted by Gasteiger charge is -2.32. The summed E-state index contributed by atoms with van der Waals surface area (Å²) in [6.07, 6.45) is -7.37. The molecule has 0 aromatic heterocycles. The van der Waals surface area contributed by atoms with Gasteiger partial charge in [0.1, 0.15) is 84.7 Å². The molecule has 1 aromatic rings. The zero-order chi connectivity index (χ0) is 84.4. The van der Waals surface area contributed by atoms with Gasteiger partial charge >= 0.3 is 12.1 Å². The summed E-state index contributed by atoms with van der Waals surface area (Å²) in [5.74, 6) is -14.8. The minimum atomic E-state index is -5.08. The second-order valence-electron chi connectivity index (χ2n) is 31.2. The number of nitrogens with two attached hydrogens (primary N) is 4. The second kappa shape index (κ2) is 48.4. The topological polar surface area (TPSA) is 540 Å². The van der Waals surface area contributed by atoms with Crippen molar-refractivity contribution in [3.63, 3.8) is 0 Å². The van der Waals surface area contributed by atoms with Gasteiger partial charge in [0.15, 0.2) is 0 Å². The normalized spacial score (nSPS) is 27.0. The number of carbonyl (C=O) groups is 14. The van der Waals surface area contributed by atoms with Crippen LogP contribution in [0.3, 0.4) is 0 Å². The van der Waals surface area contributed by atoms with E-state index in [9.17, 15) is 75.8 Å². The summed E-state index contributed by atoms with van der Waals surface area (Å²) in [6, 6.07) is -6.40. The highest BCUT2D eigenvalue weighted by Crippen LogP contribution is 2.24. The number of aliphatic carboxylic acids is 1. The van der Waals surface area contributed by atoms with E-state index in [2.05, 4.69) is 63.8 Å². The molecule has 3 aliphatic heterocycles. The molecule has 22 N–H and O–H groups in total. The molecule has 34 nitrogen and oxygen atoms in total. The molecule has 0 unspecified atom stereocenters. The maximum atomic E-state index is 15.1. The first-order chi connectivity index (χ1) is 52.6. The third-order valence-corrected chi connectivity index (χ3v) is 19.1. The number of aliphatic hydroxyl groups excluding tert-OH is 1. The highest BCUT2D eigenvalue weighted by molar-refractivity contribution is 6.00. The Bertz CT molecular complexity index is 3260. The lowest BCUT2D eigenvalue weighted by atomic mass is 9.99. The molecule has 3 fully saturated rings. The number of rotatable bonds is 23. The molecule has 15 atom stereocenters. The number of hydrogen-bond acceptors (Lipinski definition) is 20. The Kier molecular flexibility index (Phi) is 42.2. The zero-order valence-corrected chi connectivity index (χ0v) is 66.8. The minimum absolute atomic E-state index is 0.00293. The number of ether oxygens (including phenoxy) is 1. The first-order valence-corrected chi connectivity index (χ1v) is 39.0. The first kappa shape index (κ1) is 97.5. The number of halogens is 3. The summed E-state index contributed by atoms with van der Waals surface area (Å²) in [4.78, 5) is 199. The molecule has 0 radical (unpaired) electrons. The number of carbonyl (C=O) groups excluding carboxylic acids is 13. The van der Waals surface area contributed by atoms with Gasteiger partial charge in [0.2, 0.25) is 76.8 Å². The van der Waals surface area contributed by atoms with Gasteiger partial charge in [0.25, 0.3) is 0 Å². The van der Waals surface area contributed by atoms with Crippen LogP contribution in [0.4, 0.5) is 13.2 Å². The minimum Gasteiger partial charge on any atom is -0.475 e. The average molecular weight is 1590 g/mol. The predicted octanol–water partition coefficient (Wildman–Crippen LogP) is -1.10. The van der Waals surface area contributed by atoms with Crippen LogP contribution >= 0.6 is 0 Å². The SMILES string of the molecule is CC(C)C[C@@H]1NC(=O)[C@H](CCCN)NC(=O)[C@H](C(C)C)NC(=O)[C@@H]2CCCN2C(=O)[C@@H](Cc2ccccc2)NC(=O)[C@H](CC(C)C)NC(=O)[C@H](CCCN)NC(=O)[C@H](C(C)C)NC(=O)[C@H](CCCN)NC(=O)[C@H](CC(C)C)NC(=O)[C@H]2C[C@H](O)[C@@H](CNC(=O)[C@H](C(C)C)NC(=O)[C@H](CCCN)NC1=O)O2.O=C(O)C(F)(F)F. The maximum Gasteiger partial charge on any atom is 0.490 e. The Morgan fingerprint density at radius 2 is 0.786 bits per heavy atom. The highest BCUT2D eigenvalue weighted by atomic mass is 19.4. The standard InChI is InChI=1S/C73H125N17O15.C2HF3O2/c1-39(2)33-50-65(96)79-48(25-18-30-76)63(94)87-58(42(7)8)70(101)78-38-57-55(91)37-56(105-57)69(100)85-52(35-41(5)6)66(97)80-49(26-19-31-77)64(95)88-59(43(9)10)71(102)81-46(23-16-28-74)62(93)84-51(34-40(3)4)67(98)86-53(36-45-21-14-13-15-22-45)73(104)90-32-20-27-54(90)68(99)89-60(44(11)12)72(103)82-47(24-17-29-75)61(92)83-50;3-2(4,5)1(6)7/h13-15,21-22,39-44,46-60,91H,16-20,23-38,74-77H2,1-12H3,(H,78,101)(H,79,96)(H,80,97)(H,81,102)(H,82,103)(H,83,92)(H,84,93)(H,85,100)(H,86,98)(H,87,94)(H,88,95)(H,89,99);(H,6,7)/t46-,47-,48-,49-,50-,51-,52-,53+,54-,55-,56+,57+,58-,59-,60-;/m0./s1. The monoisotopic (exact) mass is 1590 g/mol. The number of aliphatic hydroxyl groups is 1. The number of carboxylic acids is 1. The second-order valence-corrected chi connectivity index (χ2v) is 31.2. The van der Waals surface area contributed by atoms with E-state index in [0.717, 1.165) is 0 Å². The van der Waals surface area contributed by atoms with Crippen LogP contribution < -0.4 is 86.7 Å². The predicted molar refractivity (Wildman–Crippen MR) is 408 cm³/mol. The molecule has 3 aliphatic rings. The van der Waals surface area contributed by atoms with E-state index >= 15 is 4.79 Å². The fourth-order valence-corrected chi connectivity index (χ4v) is 12.9. The lowest BCUT2D eigenvalue weighted by molar-refractivity contribution is -0.192. The number of alkyl halides is 3. The quantitative estimate of drug-likeness (QED) is 0.0618. The third kappa shape index (κ3) is 32.8. The van der Waals surface area contributed by atoms with Gasteiger partial charge in [-0.1, -0.05) is 113 Å². The van der Waals surface area contributed by atoms with Crippen molar-refractivity contribution in [3.05, 3.63) is 35.9 Å². The Labute approximate surface area is 654 Å². The van der Waals surface area contributed by atoms with Gasteiger partial charge in [0.05, 0.1) is 6.10 Å². The highest BCUT2D eigenvalue weighted by Gasteiger charge is 2.45. The van der Waals surface area contributed by atoms with E-state index < -0.39 is 198 Å². The van der Waals surface area contributed by atoms with Crippen LogP contribution in [-0.2, 0) is 78.3 Å². The smallest absolute Gasteiger partial charge is 0.475 e. The van der Waals surface area contributed by atoms with Crippen LogP contribution in [0.2, 0.25) is 0 Å². The number of nitrogens with one attached hydrogen (secondary N) is 12. The summed E-state index contributed by atoms with van der Waals surface area (Å²) in [5, 5.41) is 51.6. The van der Waals surface area contributed by atoms with Crippen LogP contribution in [0.15, 0.2) is 30.3 Å². The van der Waals surface area contributed by atoms with E-state index in [1.807, 2.05) is 41.5 Å². The number of hydrogen-bond donors (Lipinski definition) is 18. The van der Waals surface area contributed by atoms with Gasteiger partial charge in [0, 0.05) is 25.9 Å². The molecule has 634 valence electrons. The van der Waals surface area contributed by atoms with Crippen LogP contribution in [0.1, 0.15) is 179 Å². The summed E-state index contributed by atoms with van der Waals surface area (Å²) in [6.45, 7) is 21.2. The van der Waals surface area contributed by atoms with Gasteiger partial charge in [-0.05, 0) is 151 Å². The van der Waals surface area contributed by atoms with Crippen LogP contribution in [0, 0.1) is 35.5 Å². The van der Waals surface area contributed by atoms with Gasteiger partial charge in [-0.25, -0.2) is 4.79 Å². The van der Waals surface area contributed by atoms with Crippen molar-refractivity contribution in [1.82, 2.24) is 68.7 Å². The molecule has 0 saturated carbocycles. The van der Waals surface area contributed by atoms with Crippen LogP contribution in [0.25, 0.3) is 0 Å². The summed E-state index contributed by atoms with van der Waals surface area (Å²) in [7, 11) is 0. The average Bonchev–Trinajstić information content (AvgIpc) is 1.63. The van der Waals surface area contributed by atoms with Crippen molar-refractivity contribution >= 4 is 82.8 Å². The van der Waals surface area contributed by atoms with Gasteiger partial charge in [-0.3, -0.25) is 62.3 Å². The zero-order valence-electron chi connectivity index (χ0n) is 66.8. The van der Waals surface area contributed by atoms with E-state index in [1.165, 1.54) is 4.90 Å². The molecular weight excluding hydrogens is 1470 g/mol. The molecule has 37 heteroatoms. The Morgan fingerprint density at radius 1 is 0.464 bits per heavy atom. The number of carboxylic acid groups (broad SMARTS) is 1. The molecule has 4 rings (SSSR count). The third-order valence-electron chi connectivity index (χ3n) is 19.1. The van der Waals surface area contributed by atoms with E-state index in [1.54, 1.807) is 71.9 Å². The van der Waals surface area contributed by atoms with E-state index in [4.69, 9.17) is 37.6 Å². The van der Waals surface area contributed by atoms with Gasteiger partial charge in [-0.15, -0.1) is 0 Å². The molecule has 2 bridgehead atoms. The lowest BCUT2D eigenvalue weighted by Crippen LogP contribution is -2.61. The molecule has 3 saturated heterocycles. The van der Waals surface area contributed by atoms with Gasteiger partial charge < -0.3 is 107 Å². The Hall–Kier alpha value is -8.65. The van der Waals surface area contributed by atoms with Crippen molar-refractivity contribution < 1.29 is 95.2 Å². The molecular formula is C75H126F3N17O17. The molecule has 13 amide bonds. The first-order valence-electron chi connectivity index (χ1n) is 39.0. The summed E-state index contributed by atoms with van der Waals surface area (Å²) < 4.78 is 37.7. The fourth-order valence-electron chi connectivity index (χ4n) is 12.9. The maximum absolute atomic E-state index is 15.1. The largest absolute Gasteiger partial charge is 0.490 e. The van der Waals surface area contributed by atoms with Crippen molar-refractivity contribution in [2.24, 2.45) is 58.4 Å². The molecule has 0 spiro atoms. The number of benzene rings is 1. The van der Waals surface area contributed by atoms with E-state index in [0.29, 0.717) is 12.0 Å². The molecule has 0 aliphatic carbocycles. The van der Waals surface area contributed by atoms with Crippen molar-refractivity contribution in [1.29, 1.82) is 0 Å². The van der Waals surface area contributed by atoms with Crippen molar-refractivity contribution in [3.8, 4) is 0 Å². The molecule has 1 aromatic carbocycles. The Morgan fingerprint density at radius 3 is 1.14 bits per heavy atom. The van der Waals surface area contributed by atoms with Crippen LogP contribution in [0.5, 0.6) is 0 Å². The summed E-state index contributed by atoms with van der Waals surface area (Å²) >= 11 is 0. The fraction of sp³-hybridized carbons (Fsp3) is 0.733. The van der Waals surface area contributed by atoms with Crippen LogP contribution in [-0.4, -0.2) is 234 Å². The van der Waals surface area contributed by atoms with E-state index in [-0.39, 0.29) is 147 Å². The molecule has 3 heterocycles. The van der Waals surface area contributed by atoms with Crippen molar-refractivity contribution in [2.75, 3.05) is 39.3 Å². The summed E-state index contributed by atoms with van der Waals surface area (Å²) in [5.41, 5.74) is 24.4. The number of fused-ring (bicyclic) bond motifs is 3.